The molecule has 0 aliphatic heterocycles. The normalized spacial score (nSPS) is 12.4. The molecule has 0 aromatic carbocycles. The topological polar surface area (TPSA) is 65.2 Å². The van der Waals surface area contributed by atoms with E-state index in [1.54, 1.807) is 0 Å². The minimum atomic E-state index is 0.313. The molecule has 0 amide bonds. The summed E-state index contributed by atoms with van der Waals surface area (Å²) in [5.74, 6) is 0. The molecule has 0 heterocycles. The fourth-order valence-electron chi connectivity index (χ4n) is 0.145. The van der Waals surface area contributed by atoms with Crippen molar-refractivity contribution in [3.63, 3.8) is 0 Å². The third-order valence-corrected chi connectivity index (χ3v) is 0.824. The zero-order valence-electron chi connectivity index (χ0n) is 5.86. The molecule has 0 aromatic heterocycles. The van der Waals surface area contributed by atoms with E-state index in [1.165, 1.54) is 13.8 Å². The van der Waals surface area contributed by atoms with Gasteiger partial charge in [0.05, 0.1) is 0 Å². The summed E-state index contributed by atoms with van der Waals surface area (Å²) in [6, 6.07) is 0. The number of oxime groups is 2. The van der Waals surface area contributed by atoms with Crippen molar-refractivity contribution in [1.82, 2.24) is 0 Å². The van der Waals surface area contributed by atoms with Crippen LogP contribution in [0.2, 0.25) is 0 Å². The van der Waals surface area contributed by atoms with E-state index in [0.717, 1.165) is 0 Å². The van der Waals surface area contributed by atoms with Gasteiger partial charge in [0.15, 0.2) is 0 Å². The molecule has 0 fully saturated rings. The van der Waals surface area contributed by atoms with Crippen molar-refractivity contribution in [2.24, 2.45) is 10.3 Å². The molecule has 0 saturated heterocycles. The predicted molar refractivity (Wildman–Crippen MR) is 41.5 cm³/mol. The van der Waals surface area contributed by atoms with Gasteiger partial charge in [0.2, 0.25) is 0 Å². The minimum absolute atomic E-state index is 0.313. The molecule has 0 spiro atoms. The molecule has 0 unspecified atom stereocenters. The van der Waals surface area contributed by atoms with Gasteiger partial charge in [0.1, 0.15) is 11.4 Å². The van der Waals surface area contributed by atoms with Gasteiger partial charge in [-0.05, 0) is 13.8 Å². The van der Waals surface area contributed by atoms with Gasteiger partial charge in [-0.25, -0.2) is 0 Å². The summed E-state index contributed by atoms with van der Waals surface area (Å²) in [7, 11) is 9.40. The first-order chi connectivity index (χ1) is 5.13. The van der Waals surface area contributed by atoms with E-state index < -0.39 is 0 Å². The standard InChI is InChI=1S/C4H8N2O2.2ClH.Ni/c1-3(5-7)4(2)6-8;;;/h7-8H,1-2H3;2*1H;/q;;;+2/p-2/b5-3+,6-4+;;;. The third kappa shape index (κ3) is 10.0. The molecule has 0 rings (SSSR count). The van der Waals surface area contributed by atoms with E-state index in [0.29, 0.717) is 24.1 Å². The van der Waals surface area contributed by atoms with E-state index in [4.69, 9.17) is 30.8 Å². The van der Waals surface area contributed by atoms with Gasteiger partial charge < -0.3 is 10.4 Å². The van der Waals surface area contributed by atoms with Crippen LogP contribution in [0.25, 0.3) is 0 Å². The van der Waals surface area contributed by atoms with Crippen molar-refractivity contribution in [1.29, 1.82) is 0 Å². The molecule has 0 aliphatic carbocycles. The first-order valence-electron chi connectivity index (χ1n) is 2.34. The Balaban J connectivity index is 0. The van der Waals surface area contributed by atoms with E-state index >= 15 is 0 Å². The van der Waals surface area contributed by atoms with Crippen LogP contribution in [0.4, 0.5) is 0 Å². The molecular formula is C4H8Cl2N2NiO2. The van der Waals surface area contributed by atoms with E-state index in [2.05, 4.69) is 10.3 Å². The number of hydrogen-bond acceptors (Lipinski definition) is 4. The van der Waals surface area contributed by atoms with E-state index in [-0.39, 0.29) is 0 Å². The molecular weight excluding hydrogens is 238 g/mol. The van der Waals surface area contributed by atoms with Crippen LogP contribution in [-0.4, -0.2) is 21.8 Å². The monoisotopic (exact) mass is 244 g/mol. The van der Waals surface area contributed by atoms with Crippen molar-refractivity contribution in [3.8, 4) is 0 Å². The summed E-state index contributed by atoms with van der Waals surface area (Å²) in [6.45, 7) is 3.07. The molecule has 0 aliphatic rings. The third-order valence-electron chi connectivity index (χ3n) is 0.824. The second kappa shape index (κ2) is 10.0. The second-order valence-corrected chi connectivity index (χ2v) is 3.05. The molecule has 0 atom stereocenters. The average Bonchev–Trinajstić information content (AvgIpc) is 2.03. The Bertz CT molecular complexity index is 135. The van der Waals surface area contributed by atoms with Crippen molar-refractivity contribution in [3.05, 3.63) is 0 Å². The molecule has 7 heteroatoms. The Hall–Kier alpha value is 0.0135. The SMILES string of the molecule is CC(=N\O)/C(C)=N/O.[Cl][Ni][Cl]. The molecule has 4 nitrogen and oxygen atoms in total. The zero-order valence-corrected chi connectivity index (χ0v) is 8.36. The Morgan fingerprint density at radius 2 is 1.27 bits per heavy atom. The van der Waals surface area contributed by atoms with Crippen LogP contribution in [0.15, 0.2) is 10.3 Å². The summed E-state index contributed by atoms with van der Waals surface area (Å²) in [5.41, 5.74) is 0.625. The number of halogens is 2. The molecule has 0 bridgehead atoms. The summed E-state index contributed by atoms with van der Waals surface area (Å²) >= 11 is 0.569. The first kappa shape index (κ1) is 13.6. The summed E-state index contributed by atoms with van der Waals surface area (Å²) < 4.78 is 0. The molecule has 0 aromatic rings. The fraction of sp³-hybridized carbons (Fsp3) is 0.500. The van der Waals surface area contributed by atoms with Crippen LogP contribution in [0.5, 0.6) is 0 Å². The summed E-state index contributed by atoms with van der Waals surface area (Å²) in [4.78, 5) is 0. The maximum atomic E-state index is 8.03. The zero-order chi connectivity index (χ0) is 9.28. The van der Waals surface area contributed by atoms with Crippen LogP contribution in [0.1, 0.15) is 13.8 Å². The second-order valence-electron chi connectivity index (χ2n) is 1.42. The van der Waals surface area contributed by atoms with E-state index in [1.807, 2.05) is 0 Å². The number of rotatable bonds is 1. The van der Waals surface area contributed by atoms with Crippen LogP contribution >= 0.6 is 20.4 Å². The van der Waals surface area contributed by atoms with Gasteiger partial charge in [-0.2, -0.15) is 0 Å². The molecule has 11 heavy (non-hydrogen) atoms. The van der Waals surface area contributed by atoms with Gasteiger partial charge >= 0.3 is 33.0 Å². The van der Waals surface area contributed by atoms with Crippen LogP contribution in [0, 0.1) is 0 Å². The van der Waals surface area contributed by atoms with Gasteiger partial charge in [-0.15, -0.1) is 0 Å². The molecule has 70 valence electrons. The van der Waals surface area contributed by atoms with Crippen LogP contribution in [0.3, 0.4) is 0 Å². The first-order valence-corrected chi connectivity index (χ1v) is 5.05. The fourth-order valence-corrected chi connectivity index (χ4v) is 0.145. The van der Waals surface area contributed by atoms with Crippen molar-refractivity contribution >= 4 is 31.8 Å². The predicted octanol–water partition coefficient (Wildman–Crippen LogP) is 2.06. The Kier molecular flexibility index (Phi) is 12.4. The Labute approximate surface area is 79.2 Å². The van der Waals surface area contributed by atoms with Gasteiger partial charge in [-0.3, -0.25) is 0 Å². The van der Waals surface area contributed by atoms with Gasteiger partial charge in [0.25, 0.3) is 0 Å². The molecule has 2 N–H and O–H groups in total. The molecule has 0 saturated carbocycles. The van der Waals surface area contributed by atoms with Crippen LogP contribution in [-0.2, 0) is 12.7 Å². The Morgan fingerprint density at radius 1 is 1.09 bits per heavy atom. The number of nitrogens with zero attached hydrogens (tertiary/aromatic N) is 2. The average molecular weight is 246 g/mol. The quantitative estimate of drug-likeness (QED) is 0.321. The summed E-state index contributed by atoms with van der Waals surface area (Å²) in [5, 5.41) is 21.6. The van der Waals surface area contributed by atoms with E-state index in [9.17, 15) is 0 Å². The van der Waals surface area contributed by atoms with Crippen molar-refractivity contribution in [2.45, 2.75) is 13.8 Å². The van der Waals surface area contributed by atoms with Crippen LogP contribution < -0.4 is 0 Å². The van der Waals surface area contributed by atoms with Gasteiger partial charge in [0, 0.05) is 0 Å². The number of hydrogen-bond donors (Lipinski definition) is 2. The molecule has 0 radical (unpaired) electrons. The maximum absolute atomic E-state index is 8.03. The Morgan fingerprint density at radius 3 is 1.36 bits per heavy atom. The summed E-state index contributed by atoms with van der Waals surface area (Å²) in [6.07, 6.45) is 0. The van der Waals surface area contributed by atoms with Crippen molar-refractivity contribution in [2.75, 3.05) is 0 Å². The van der Waals surface area contributed by atoms with Crippen molar-refractivity contribution < 1.29 is 23.1 Å². The van der Waals surface area contributed by atoms with Gasteiger partial charge in [-0.1, -0.05) is 10.3 Å².